The van der Waals surface area contributed by atoms with Gasteiger partial charge in [-0.25, -0.2) is 0 Å². The third-order valence-electron chi connectivity index (χ3n) is 1.84. The summed E-state index contributed by atoms with van der Waals surface area (Å²) in [6, 6.07) is 0. The van der Waals surface area contributed by atoms with Crippen LogP contribution < -0.4 is 0 Å². The highest BCUT2D eigenvalue weighted by Gasteiger charge is 2.33. The zero-order valence-corrected chi connectivity index (χ0v) is 7.23. The van der Waals surface area contributed by atoms with Crippen LogP contribution in [0.2, 0.25) is 0 Å². The zero-order valence-electron chi connectivity index (χ0n) is 7.23. The Morgan fingerprint density at radius 1 is 1.57 bits per heavy atom. The van der Waals surface area contributed by atoms with Crippen LogP contribution in [0.4, 0.5) is 0 Å². The molecule has 6 nitrogen and oxygen atoms in total. The van der Waals surface area contributed by atoms with Crippen molar-refractivity contribution in [1.29, 1.82) is 0 Å². The Morgan fingerprint density at radius 2 is 2.29 bits per heavy atom. The second-order valence-corrected chi connectivity index (χ2v) is 2.82. The second-order valence-electron chi connectivity index (χ2n) is 2.82. The maximum absolute atomic E-state index is 10.9. The van der Waals surface area contributed by atoms with Crippen LogP contribution in [0.15, 0.2) is 0 Å². The van der Waals surface area contributed by atoms with E-state index in [0.29, 0.717) is 0 Å². The van der Waals surface area contributed by atoms with Crippen LogP contribution in [0.25, 0.3) is 0 Å². The van der Waals surface area contributed by atoms with Gasteiger partial charge < -0.3 is 9.47 Å². The number of carbonyl (C=O) groups is 4. The molecule has 0 aromatic rings. The minimum atomic E-state index is -0.716. The van der Waals surface area contributed by atoms with E-state index in [0.717, 1.165) is 0 Å². The van der Waals surface area contributed by atoms with E-state index in [4.69, 9.17) is 0 Å². The van der Waals surface area contributed by atoms with Gasteiger partial charge in [0.25, 0.3) is 0 Å². The molecule has 0 saturated carbocycles. The van der Waals surface area contributed by atoms with E-state index in [1.807, 2.05) is 0 Å². The SMILES string of the molecule is O=COC(=O)CCC1CC(=O)OC1=O. The van der Waals surface area contributed by atoms with E-state index in [1.165, 1.54) is 0 Å². The van der Waals surface area contributed by atoms with Gasteiger partial charge in [0.1, 0.15) is 0 Å². The molecule has 0 amide bonds. The Bertz CT molecular complexity index is 282. The van der Waals surface area contributed by atoms with E-state index in [9.17, 15) is 19.2 Å². The first-order valence-corrected chi connectivity index (χ1v) is 4.01. The van der Waals surface area contributed by atoms with Gasteiger partial charge in [0.15, 0.2) is 0 Å². The molecule has 1 atom stereocenters. The molecule has 14 heavy (non-hydrogen) atoms. The molecule has 1 aliphatic heterocycles. The van der Waals surface area contributed by atoms with E-state index >= 15 is 0 Å². The highest BCUT2D eigenvalue weighted by molar-refractivity contribution is 5.94. The maximum Gasteiger partial charge on any atom is 0.317 e. The Kier molecular flexibility index (Phi) is 3.33. The summed E-state index contributed by atoms with van der Waals surface area (Å²) < 4.78 is 8.27. The van der Waals surface area contributed by atoms with Gasteiger partial charge in [-0.2, -0.15) is 0 Å². The second kappa shape index (κ2) is 4.50. The van der Waals surface area contributed by atoms with Crippen molar-refractivity contribution in [2.24, 2.45) is 5.92 Å². The van der Waals surface area contributed by atoms with Crippen molar-refractivity contribution in [2.45, 2.75) is 19.3 Å². The molecule has 0 radical (unpaired) electrons. The number of hydrogen-bond acceptors (Lipinski definition) is 6. The minimum Gasteiger partial charge on any atom is -0.395 e. The Labute approximate surface area is 79.2 Å². The monoisotopic (exact) mass is 200 g/mol. The number of esters is 3. The largest absolute Gasteiger partial charge is 0.395 e. The lowest BCUT2D eigenvalue weighted by molar-refractivity contribution is -0.153. The van der Waals surface area contributed by atoms with Gasteiger partial charge in [0.2, 0.25) is 0 Å². The lowest BCUT2D eigenvalue weighted by atomic mass is 10.0. The van der Waals surface area contributed by atoms with Gasteiger partial charge in [-0.1, -0.05) is 0 Å². The number of ether oxygens (including phenoxy) is 2. The van der Waals surface area contributed by atoms with Crippen molar-refractivity contribution in [2.75, 3.05) is 0 Å². The van der Waals surface area contributed by atoms with Crippen LogP contribution in [-0.4, -0.2) is 24.4 Å². The normalized spacial score (nSPS) is 20.4. The van der Waals surface area contributed by atoms with Gasteiger partial charge in [-0.3, -0.25) is 19.2 Å². The van der Waals surface area contributed by atoms with Crippen molar-refractivity contribution < 1.29 is 28.7 Å². The van der Waals surface area contributed by atoms with Crippen molar-refractivity contribution in [3.63, 3.8) is 0 Å². The van der Waals surface area contributed by atoms with E-state index in [2.05, 4.69) is 9.47 Å². The van der Waals surface area contributed by atoms with Crippen LogP contribution in [-0.2, 0) is 28.7 Å². The molecular formula is C8H8O6. The van der Waals surface area contributed by atoms with Crippen molar-refractivity contribution >= 4 is 24.4 Å². The predicted molar refractivity (Wildman–Crippen MR) is 40.6 cm³/mol. The van der Waals surface area contributed by atoms with E-state index < -0.39 is 23.8 Å². The molecule has 6 heteroatoms. The molecule has 0 aliphatic carbocycles. The third-order valence-corrected chi connectivity index (χ3v) is 1.84. The fourth-order valence-corrected chi connectivity index (χ4v) is 1.15. The highest BCUT2D eigenvalue weighted by Crippen LogP contribution is 2.20. The van der Waals surface area contributed by atoms with Crippen LogP contribution in [0, 0.1) is 5.92 Å². The minimum absolute atomic E-state index is 0.00674. The van der Waals surface area contributed by atoms with Gasteiger partial charge in [-0.15, -0.1) is 0 Å². The highest BCUT2D eigenvalue weighted by atomic mass is 16.6. The Morgan fingerprint density at radius 3 is 2.79 bits per heavy atom. The summed E-state index contributed by atoms with van der Waals surface area (Å²) in [6.45, 7) is 0.0282. The summed E-state index contributed by atoms with van der Waals surface area (Å²) in [5.41, 5.74) is 0. The first kappa shape index (κ1) is 10.4. The molecular weight excluding hydrogens is 192 g/mol. The summed E-state index contributed by atoms with van der Waals surface area (Å²) in [4.78, 5) is 41.9. The number of carbonyl (C=O) groups excluding carboxylic acids is 4. The summed E-state index contributed by atoms with van der Waals surface area (Å²) in [7, 11) is 0. The van der Waals surface area contributed by atoms with Gasteiger partial charge in [-0.05, 0) is 6.42 Å². The fourth-order valence-electron chi connectivity index (χ4n) is 1.15. The number of cyclic esters (lactones) is 2. The molecule has 1 unspecified atom stereocenters. The molecule has 1 aliphatic rings. The summed E-state index contributed by atoms with van der Waals surface area (Å²) in [5.74, 6) is -2.49. The lowest BCUT2D eigenvalue weighted by Crippen LogP contribution is -2.11. The summed E-state index contributed by atoms with van der Waals surface area (Å²) >= 11 is 0. The maximum atomic E-state index is 10.9. The third kappa shape index (κ3) is 2.65. The van der Waals surface area contributed by atoms with Crippen molar-refractivity contribution in [1.82, 2.24) is 0 Å². The lowest BCUT2D eigenvalue weighted by Gasteiger charge is -2.01. The molecule has 0 spiro atoms. The molecule has 0 aromatic heterocycles. The average molecular weight is 200 g/mol. The van der Waals surface area contributed by atoms with E-state index in [1.54, 1.807) is 0 Å². The number of rotatable bonds is 4. The van der Waals surface area contributed by atoms with Crippen LogP contribution in [0.5, 0.6) is 0 Å². The summed E-state index contributed by atoms with van der Waals surface area (Å²) in [5, 5.41) is 0. The smallest absolute Gasteiger partial charge is 0.317 e. The predicted octanol–water partition coefficient (Wildman–Crippen LogP) is -0.444. The van der Waals surface area contributed by atoms with Gasteiger partial charge in [0, 0.05) is 6.42 Å². The fraction of sp³-hybridized carbons (Fsp3) is 0.500. The average Bonchev–Trinajstić information content (AvgIpc) is 2.42. The van der Waals surface area contributed by atoms with Crippen molar-refractivity contribution in [3.8, 4) is 0 Å². The van der Waals surface area contributed by atoms with Gasteiger partial charge in [0.05, 0.1) is 12.3 Å². The molecule has 76 valence electrons. The van der Waals surface area contributed by atoms with Gasteiger partial charge >= 0.3 is 24.4 Å². The topological polar surface area (TPSA) is 86.7 Å². The molecule has 1 fully saturated rings. The molecule has 0 bridgehead atoms. The Hall–Kier alpha value is -1.72. The van der Waals surface area contributed by atoms with E-state index in [-0.39, 0.29) is 25.7 Å². The van der Waals surface area contributed by atoms with Crippen LogP contribution in [0.1, 0.15) is 19.3 Å². The molecule has 0 aromatic carbocycles. The van der Waals surface area contributed by atoms with Crippen LogP contribution in [0.3, 0.4) is 0 Å². The quantitative estimate of drug-likeness (QED) is 0.347. The summed E-state index contributed by atoms with van der Waals surface area (Å²) in [6.07, 6.45) is 0.0796. The zero-order chi connectivity index (χ0) is 10.6. The van der Waals surface area contributed by atoms with Crippen molar-refractivity contribution in [3.05, 3.63) is 0 Å². The first-order valence-electron chi connectivity index (χ1n) is 4.01. The standard InChI is InChI=1S/C8H8O6/c9-4-13-6(10)2-1-5-3-7(11)14-8(5)12/h4-5H,1-3H2. The first-order chi connectivity index (χ1) is 6.63. The number of hydrogen-bond donors (Lipinski definition) is 0. The molecule has 1 heterocycles. The molecule has 0 N–H and O–H groups in total. The molecule has 1 rings (SSSR count). The Balaban J connectivity index is 2.31. The van der Waals surface area contributed by atoms with Crippen LogP contribution >= 0.6 is 0 Å². The molecule has 1 saturated heterocycles.